The molecule has 0 aliphatic heterocycles. The van der Waals surface area contributed by atoms with E-state index in [1.807, 2.05) is 19.9 Å². The molecule has 3 aromatic rings. The Morgan fingerprint density at radius 3 is 2.28 bits per heavy atom. The second kappa shape index (κ2) is 8.60. The fourth-order valence-electron chi connectivity index (χ4n) is 3.13. The highest BCUT2D eigenvalue weighted by molar-refractivity contribution is 6.08. The van der Waals surface area contributed by atoms with Gasteiger partial charge in [-0.05, 0) is 24.1 Å². The number of hydrogen-bond donors (Lipinski definition) is 2. The standard InChI is InChI=1S/C22H23N3O4/c1-14(2)12-25-13-19(15-8-4-5-9-16(15)20(25)26)24-22(28)23-18-11-7-6-10-17(18)21(27)29-3/h4-11,13-14H,12H2,1-3H3,(H2,23,24,28). The third-order valence-corrected chi connectivity index (χ3v) is 4.38. The third kappa shape index (κ3) is 4.45. The normalized spacial score (nSPS) is 10.8. The number of fused-ring (bicyclic) bond motifs is 1. The van der Waals surface area contributed by atoms with Gasteiger partial charge in [0.25, 0.3) is 5.56 Å². The molecular formula is C22H23N3O4. The number of nitrogens with one attached hydrogen (secondary N) is 2. The number of nitrogens with zero attached hydrogens (tertiary/aromatic N) is 1. The van der Waals surface area contributed by atoms with E-state index in [9.17, 15) is 14.4 Å². The van der Waals surface area contributed by atoms with E-state index in [4.69, 9.17) is 4.74 Å². The molecule has 29 heavy (non-hydrogen) atoms. The van der Waals surface area contributed by atoms with Crippen molar-refractivity contribution < 1.29 is 14.3 Å². The molecule has 0 aliphatic rings. The fourth-order valence-corrected chi connectivity index (χ4v) is 3.13. The van der Waals surface area contributed by atoms with Crippen molar-refractivity contribution in [1.29, 1.82) is 0 Å². The number of esters is 1. The van der Waals surface area contributed by atoms with Crippen LogP contribution in [0.3, 0.4) is 0 Å². The predicted molar refractivity (Wildman–Crippen MR) is 113 cm³/mol. The molecule has 7 heteroatoms. The number of rotatable bonds is 5. The van der Waals surface area contributed by atoms with Gasteiger partial charge in [-0.25, -0.2) is 9.59 Å². The summed E-state index contributed by atoms with van der Waals surface area (Å²) in [6.45, 7) is 4.57. The van der Waals surface area contributed by atoms with Gasteiger partial charge < -0.3 is 19.9 Å². The van der Waals surface area contributed by atoms with Gasteiger partial charge >= 0.3 is 12.0 Å². The van der Waals surface area contributed by atoms with Crippen LogP contribution in [-0.4, -0.2) is 23.7 Å². The van der Waals surface area contributed by atoms with E-state index in [0.29, 0.717) is 28.7 Å². The van der Waals surface area contributed by atoms with E-state index < -0.39 is 12.0 Å². The lowest BCUT2D eigenvalue weighted by Crippen LogP contribution is -2.26. The number of amides is 2. The van der Waals surface area contributed by atoms with Crippen LogP contribution in [0.15, 0.2) is 59.5 Å². The van der Waals surface area contributed by atoms with Gasteiger partial charge in [-0.2, -0.15) is 0 Å². The number of carbonyl (C=O) groups is 2. The van der Waals surface area contributed by atoms with E-state index in [0.717, 1.165) is 0 Å². The lowest BCUT2D eigenvalue weighted by atomic mass is 10.1. The van der Waals surface area contributed by atoms with Gasteiger partial charge in [0.15, 0.2) is 0 Å². The topological polar surface area (TPSA) is 89.4 Å². The SMILES string of the molecule is COC(=O)c1ccccc1NC(=O)Nc1cn(CC(C)C)c(=O)c2ccccc12. The first-order valence-electron chi connectivity index (χ1n) is 9.28. The largest absolute Gasteiger partial charge is 0.465 e. The number of urea groups is 1. The molecule has 0 saturated heterocycles. The highest BCUT2D eigenvalue weighted by atomic mass is 16.5. The Hall–Kier alpha value is -3.61. The molecule has 0 saturated carbocycles. The van der Waals surface area contributed by atoms with E-state index in [2.05, 4.69) is 10.6 Å². The number of methoxy groups -OCH3 is 1. The Balaban J connectivity index is 1.94. The second-order valence-corrected chi connectivity index (χ2v) is 7.06. The molecule has 0 unspecified atom stereocenters. The molecule has 0 spiro atoms. The first kappa shape index (κ1) is 20.1. The zero-order valence-corrected chi connectivity index (χ0v) is 16.6. The van der Waals surface area contributed by atoms with Crippen LogP contribution in [0.5, 0.6) is 0 Å². The van der Waals surface area contributed by atoms with Crippen molar-refractivity contribution in [2.75, 3.05) is 17.7 Å². The molecule has 1 aromatic heterocycles. The van der Waals surface area contributed by atoms with Crippen LogP contribution < -0.4 is 16.2 Å². The van der Waals surface area contributed by atoms with Crippen LogP contribution in [0, 0.1) is 5.92 Å². The third-order valence-electron chi connectivity index (χ3n) is 4.38. The number of pyridine rings is 1. The molecule has 0 bridgehead atoms. The van der Waals surface area contributed by atoms with Crippen LogP contribution in [0.1, 0.15) is 24.2 Å². The number of hydrogen-bond acceptors (Lipinski definition) is 4. The molecule has 2 amide bonds. The minimum atomic E-state index is -0.545. The van der Waals surface area contributed by atoms with Crippen LogP contribution in [0.4, 0.5) is 16.2 Å². The maximum absolute atomic E-state index is 12.7. The zero-order valence-electron chi connectivity index (χ0n) is 16.6. The smallest absolute Gasteiger partial charge is 0.339 e. The van der Waals surface area contributed by atoms with Gasteiger partial charge in [0, 0.05) is 23.5 Å². The number of ether oxygens (including phenoxy) is 1. The van der Waals surface area contributed by atoms with Crippen molar-refractivity contribution in [2.24, 2.45) is 5.92 Å². The summed E-state index contributed by atoms with van der Waals surface area (Å²) in [6, 6.07) is 13.2. The summed E-state index contributed by atoms with van der Waals surface area (Å²) < 4.78 is 6.35. The van der Waals surface area contributed by atoms with Gasteiger partial charge in [-0.15, -0.1) is 0 Å². The van der Waals surface area contributed by atoms with Gasteiger partial charge in [0.2, 0.25) is 0 Å². The summed E-state index contributed by atoms with van der Waals surface area (Å²) >= 11 is 0. The molecule has 150 valence electrons. The van der Waals surface area contributed by atoms with Crippen molar-refractivity contribution in [3.8, 4) is 0 Å². The first-order chi connectivity index (χ1) is 13.9. The van der Waals surface area contributed by atoms with Gasteiger partial charge in [-0.3, -0.25) is 4.79 Å². The maximum Gasteiger partial charge on any atom is 0.339 e. The summed E-state index contributed by atoms with van der Waals surface area (Å²) in [5.41, 5.74) is 0.988. The molecule has 0 radical (unpaired) electrons. The average molecular weight is 393 g/mol. The second-order valence-electron chi connectivity index (χ2n) is 7.06. The molecule has 0 fully saturated rings. The van der Waals surface area contributed by atoms with E-state index in [1.165, 1.54) is 7.11 Å². The highest BCUT2D eigenvalue weighted by Gasteiger charge is 2.15. The number of aromatic nitrogens is 1. The Kier molecular flexibility index (Phi) is 5.97. The Morgan fingerprint density at radius 2 is 1.59 bits per heavy atom. The molecule has 7 nitrogen and oxygen atoms in total. The minimum Gasteiger partial charge on any atom is -0.465 e. The molecule has 0 atom stereocenters. The van der Waals surface area contributed by atoms with E-state index in [1.54, 1.807) is 53.2 Å². The summed E-state index contributed by atoms with van der Waals surface area (Å²) in [6.07, 6.45) is 1.65. The van der Waals surface area contributed by atoms with Crippen LogP contribution >= 0.6 is 0 Å². The minimum absolute atomic E-state index is 0.101. The van der Waals surface area contributed by atoms with Crippen molar-refractivity contribution in [3.63, 3.8) is 0 Å². The van der Waals surface area contributed by atoms with Crippen molar-refractivity contribution >= 4 is 34.1 Å². The Morgan fingerprint density at radius 1 is 0.966 bits per heavy atom. The number of para-hydroxylation sites is 1. The van der Waals surface area contributed by atoms with Crippen molar-refractivity contribution in [2.45, 2.75) is 20.4 Å². The van der Waals surface area contributed by atoms with Crippen LogP contribution in [0.2, 0.25) is 0 Å². The summed E-state index contributed by atoms with van der Waals surface area (Å²) in [5.74, 6) is -0.278. The molecular weight excluding hydrogens is 370 g/mol. The van der Waals surface area contributed by atoms with Crippen LogP contribution in [-0.2, 0) is 11.3 Å². The van der Waals surface area contributed by atoms with Crippen LogP contribution in [0.25, 0.3) is 10.8 Å². The van der Waals surface area contributed by atoms with Gasteiger partial charge in [0.05, 0.1) is 24.0 Å². The predicted octanol–water partition coefficient (Wildman–Crippen LogP) is 4.09. The molecule has 1 heterocycles. The Labute approximate surface area is 168 Å². The van der Waals surface area contributed by atoms with E-state index >= 15 is 0 Å². The zero-order chi connectivity index (χ0) is 21.0. The highest BCUT2D eigenvalue weighted by Crippen LogP contribution is 2.22. The summed E-state index contributed by atoms with van der Waals surface area (Å²) in [4.78, 5) is 37.3. The summed E-state index contributed by atoms with van der Waals surface area (Å²) in [7, 11) is 1.28. The molecule has 2 aromatic carbocycles. The number of carbonyl (C=O) groups excluding carboxylic acids is 2. The number of benzene rings is 2. The van der Waals surface area contributed by atoms with Gasteiger partial charge in [-0.1, -0.05) is 44.2 Å². The molecule has 0 aliphatic carbocycles. The average Bonchev–Trinajstić information content (AvgIpc) is 2.71. The monoisotopic (exact) mass is 393 g/mol. The lowest BCUT2D eigenvalue weighted by molar-refractivity contribution is 0.0602. The Bertz CT molecular complexity index is 1120. The lowest BCUT2D eigenvalue weighted by Gasteiger charge is -2.15. The number of anilines is 2. The van der Waals surface area contributed by atoms with Crippen molar-refractivity contribution in [1.82, 2.24) is 4.57 Å². The molecule has 3 rings (SSSR count). The molecule has 2 N–H and O–H groups in total. The quantitative estimate of drug-likeness (QED) is 0.639. The van der Waals surface area contributed by atoms with E-state index in [-0.39, 0.29) is 17.0 Å². The van der Waals surface area contributed by atoms with Gasteiger partial charge in [0.1, 0.15) is 0 Å². The van der Waals surface area contributed by atoms with Crippen molar-refractivity contribution in [3.05, 3.63) is 70.6 Å². The fraction of sp³-hybridized carbons (Fsp3) is 0.227. The summed E-state index contributed by atoms with van der Waals surface area (Å²) in [5, 5.41) is 6.65. The maximum atomic E-state index is 12.7. The first-order valence-corrected chi connectivity index (χ1v) is 9.28.